The number of ketones is 1. The molecule has 0 amide bonds. The summed E-state index contributed by atoms with van der Waals surface area (Å²) in [7, 11) is 0. The van der Waals surface area contributed by atoms with Crippen molar-refractivity contribution in [2.24, 2.45) is 17.3 Å². The number of aliphatic hydroxyl groups is 1. The normalized spacial score (nSPS) is 53.1. The minimum absolute atomic E-state index is 0.145. The first-order chi connectivity index (χ1) is 7.02. The van der Waals surface area contributed by atoms with Crippen molar-refractivity contribution in [3.63, 3.8) is 0 Å². The monoisotopic (exact) mass is 206 g/mol. The predicted molar refractivity (Wildman–Crippen MR) is 57.3 cm³/mol. The minimum atomic E-state index is -0.501. The van der Waals surface area contributed by atoms with E-state index in [-0.39, 0.29) is 11.2 Å². The Kier molecular flexibility index (Phi) is 1.75. The molecule has 4 aliphatic rings. The van der Waals surface area contributed by atoms with Gasteiger partial charge in [-0.15, -0.1) is 0 Å². The largest absolute Gasteiger partial charge is 0.390 e. The molecule has 0 radical (unpaired) electrons. The Labute approximate surface area is 90.4 Å². The Bertz CT molecular complexity index is 342. The van der Waals surface area contributed by atoms with Crippen LogP contribution in [0.3, 0.4) is 0 Å². The molecule has 2 nitrogen and oxygen atoms in total. The van der Waals surface area contributed by atoms with Gasteiger partial charge in [-0.3, -0.25) is 4.79 Å². The van der Waals surface area contributed by atoms with Crippen molar-refractivity contribution in [2.75, 3.05) is 0 Å². The van der Waals surface area contributed by atoms with Crippen LogP contribution in [0, 0.1) is 17.3 Å². The van der Waals surface area contributed by atoms with E-state index in [4.69, 9.17) is 0 Å². The molecule has 3 saturated carbocycles. The van der Waals surface area contributed by atoms with Gasteiger partial charge in [0.15, 0.2) is 5.78 Å². The Hall–Kier alpha value is -0.630. The number of rotatable bonds is 0. The Morgan fingerprint density at radius 2 is 2.27 bits per heavy atom. The van der Waals surface area contributed by atoms with Crippen molar-refractivity contribution < 1.29 is 9.90 Å². The Balaban J connectivity index is 2.00. The van der Waals surface area contributed by atoms with Crippen molar-refractivity contribution in [1.29, 1.82) is 0 Å². The first-order valence-electron chi connectivity index (χ1n) is 5.96. The molecule has 1 spiro atoms. The van der Waals surface area contributed by atoms with Crippen molar-refractivity contribution in [3.05, 3.63) is 12.2 Å². The zero-order valence-electron chi connectivity index (χ0n) is 9.20. The maximum Gasteiger partial charge on any atom is 0.155 e. The fourth-order valence-electron chi connectivity index (χ4n) is 4.09. The van der Waals surface area contributed by atoms with Gasteiger partial charge < -0.3 is 5.11 Å². The molecule has 2 heteroatoms. The zero-order valence-corrected chi connectivity index (χ0v) is 9.20. The lowest BCUT2D eigenvalue weighted by Gasteiger charge is -2.58. The molecule has 0 aromatic heterocycles. The number of hydrogen-bond acceptors (Lipinski definition) is 2. The average molecular weight is 206 g/mol. The zero-order chi connectivity index (χ0) is 10.7. The smallest absolute Gasteiger partial charge is 0.155 e. The van der Waals surface area contributed by atoms with E-state index in [2.05, 4.69) is 6.08 Å². The third kappa shape index (κ3) is 1.24. The third-order valence-corrected chi connectivity index (χ3v) is 4.96. The van der Waals surface area contributed by atoms with Crippen molar-refractivity contribution in [1.82, 2.24) is 0 Å². The topological polar surface area (TPSA) is 37.3 Å². The molecule has 1 N–H and O–H groups in total. The summed E-state index contributed by atoms with van der Waals surface area (Å²) >= 11 is 0. The van der Waals surface area contributed by atoms with Crippen LogP contribution in [0.5, 0.6) is 0 Å². The number of fused-ring (bicyclic) bond motifs is 2. The number of carbonyl (C=O) groups excluding carboxylic acids is 1. The lowest BCUT2D eigenvalue weighted by molar-refractivity contribution is -0.144. The lowest BCUT2D eigenvalue weighted by Crippen LogP contribution is -2.55. The van der Waals surface area contributed by atoms with Crippen LogP contribution in [0.2, 0.25) is 0 Å². The SMILES string of the molecule is CC1(O)C[C@@]23C=CC(=O)CC2C[C@@H]1CC3. The van der Waals surface area contributed by atoms with Crippen LogP contribution in [-0.2, 0) is 4.79 Å². The Morgan fingerprint density at radius 3 is 3.00 bits per heavy atom. The van der Waals surface area contributed by atoms with Gasteiger partial charge in [0.25, 0.3) is 0 Å². The maximum absolute atomic E-state index is 11.4. The van der Waals surface area contributed by atoms with Gasteiger partial charge >= 0.3 is 0 Å². The summed E-state index contributed by atoms with van der Waals surface area (Å²) in [6, 6.07) is 0. The van der Waals surface area contributed by atoms with Crippen LogP contribution < -0.4 is 0 Å². The molecule has 0 heterocycles. The summed E-state index contributed by atoms with van der Waals surface area (Å²) in [5.41, 5.74) is -0.356. The maximum atomic E-state index is 11.4. The molecule has 2 bridgehead atoms. The van der Waals surface area contributed by atoms with Gasteiger partial charge in [-0.05, 0) is 55.9 Å². The fourth-order valence-corrected chi connectivity index (χ4v) is 4.09. The first-order valence-corrected chi connectivity index (χ1v) is 5.96. The van der Waals surface area contributed by atoms with Crippen molar-refractivity contribution >= 4 is 5.78 Å². The highest BCUT2D eigenvalue weighted by atomic mass is 16.3. The highest BCUT2D eigenvalue weighted by Crippen LogP contribution is 2.60. The van der Waals surface area contributed by atoms with Crippen LogP contribution in [0.1, 0.15) is 39.0 Å². The summed E-state index contributed by atoms with van der Waals surface area (Å²) in [4.78, 5) is 11.4. The summed E-state index contributed by atoms with van der Waals surface area (Å²) in [6.45, 7) is 1.97. The lowest BCUT2D eigenvalue weighted by atomic mass is 9.48. The van der Waals surface area contributed by atoms with Gasteiger partial charge in [0, 0.05) is 6.42 Å². The van der Waals surface area contributed by atoms with E-state index in [1.165, 1.54) is 6.42 Å². The molecule has 0 saturated heterocycles. The molecule has 4 aliphatic carbocycles. The molecule has 0 aromatic carbocycles. The molecule has 4 rings (SSSR count). The highest BCUT2D eigenvalue weighted by Gasteiger charge is 2.56. The van der Waals surface area contributed by atoms with Crippen LogP contribution in [0.15, 0.2) is 12.2 Å². The molecule has 2 unspecified atom stereocenters. The summed E-state index contributed by atoms with van der Waals surface area (Å²) in [5.74, 6) is 1.20. The van der Waals surface area contributed by atoms with E-state index in [1.54, 1.807) is 6.08 Å². The van der Waals surface area contributed by atoms with E-state index in [0.29, 0.717) is 18.3 Å². The molecular weight excluding hydrogens is 188 g/mol. The van der Waals surface area contributed by atoms with Gasteiger partial charge in [0.1, 0.15) is 0 Å². The first kappa shape index (κ1) is 9.59. The predicted octanol–water partition coefficient (Wildman–Crippen LogP) is 2.07. The number of allylic oxidation sites excluding steroid dienone is 2. The van der Waals surface area contributed by atoms with E-state index >= 15 is 0 Å². The second-order valence-electron chi connectivity index (χ2n) is 5.94. The van der Waals surface area contributed by atoms with Crippen molar-refractivity contribution in [3.8, 4) is 0 Å². The molecule has 4 atom stereocenters. The molecule has 3 fully saturated rings. The molecule has 15 heavy (non-hydrogen) atoms. The second-order valence-corrected chi connectivity index (χ2v) is 5.94. The van der Waals surface area contributed by atoms with Gasteiger partial charge in [-0.25, -0.2) is 0 Å². The second kappa shape index (κ2) is 2.73. The Morgan fingerprint density at radius 1 is 1.47 bits per heavy atom. The van der Waals surface area contributed by atoms with Gasteiger partial charge in [0.2, 0.25) is 0 Å². The molecular formula is C13H18O2. The van der Waals surface area contributed by atoms with E-state index in [0.717, 1.165) is 19.3 Å². The average Bonchev–Trinajstić information content (AvgIpc) is 2.16. The van der Waals surface area contributed by atoms with Crippen LogP contribution in [-0.4, -0.2) is 16.5 Å². The van der Waals surface area contributed by atoms with Gasteiger partial charge in [-0.2, -0.15) is 0 Å². The molecule has 0 aromatic rings. The standard InChI is InChI=1S/C13H18O2/c1-12(15)8-13-4-2-9(12)6-10(13)7-11(14)3-5-13/h3,5,9-10,15H,2,4,6-8H2,1H3/t9-,10?,12?,13+/m0/s1. The van der Waals surface area contributed by atoms with Gasteiger partial charge in [0.05, 0.1) is 5.60 Å². The van der Waals surface area contributed by atoms with Crippen LogP contribution in [0.25, 0.3) is 0 Å². The highest BCUT2D eigenvalue weighted by molar-refractivity contribution is 5.91. The van der Waals surface area contributed by atoms with Gasteiger partial charge in [-0.1, -0.05) is 6.08 Å². The van der Waals surface area contributed by atoms with E-state index < -0.39 is 5.60 Å². The summed E-state index contributed by atoms with van der Waals surface area (Å²) in [5, 5.41) is 10.3. The summed E-state index contributed by atoms with van der Waals surface area (Å²) < 4.78 is 0. The number of hydrogen-bond donors (Lipinski definition) is 1. The van der Waals surface area contributed by atoms with E-state index in [9.17, 15) is 9.90 Å². The molecule has 0 aliphatic heterocycles. The van der Waals surface area contributed by atoms with Crippen LogP contribution in [0.4, 0.5) is 0 Å². The third-order valence-electron chi connectivity index (χ3n) is 4.96. The minimum Gasteiger partial charge on any atom is -0.390 e. The molecule has 82 valence electrons. The fraction of sp³-hybridized carbons (Fsp3) is 0.769. The number of carbonyl (C=O) groups is 1. The van der Waals surface area contributed by atoms with Crippen LogP contribution >= 0.6 is 0 Å². The summed E-state index contributed by atoms with van der Waals surface area (Å²) in [6.07, 6.45) is 8.77. The van der Waals surface area contributed by atoms with E-state index in [1.807, 2.05) is 6.92 Å². The quantitative estimate of drug-likeness (QED) is 0.659. The van der Waals surface area contributed by atoms with Crippen molar-refractivity contribution in [2.45, 2.75) is 44.6 Å².